The van der Waals surface area contributed by atoms with Crippen LogP contribution in [-0.4, -0.2) is 49.9 Å². The van der Waals surface area contributed by atoms with Gasteiger partial charge in [0, 0.05) is 19.0 Å². The molecule has 1 N–H and O–H groups in total. The van der Waals surface area contributed by atoms with Crippen LogP contribution in [0.2, 0.25) is 0 Å². The third-order valence-electron chi connectivity index (χ3n) is 4.45. The van der Waals surface area contributed by atoms with Crippen LogP contribution in [0.5, 0.6) is 0 Å². The summed E-state index contributed by atoms with van der Waals surface area (Å²) in [5.41, 5.74) is 0.930. The number of nitrogens with zero attached hydrogens (tertiary/aromatic N) is 4. The largest absolute Gasteiger partial charge is 0.391 e. The van der Waals surface area contributed by atoms with E-state index in [1.807, 2.05) is 30.3 Å². The van der Waals surface area contributed by atoms with Crippen molar-refractivity contribution in [1.82, 2.24) is 19.7 Å². The van der Waals surface area contributed by atoms with Gasteiger partial charge in [-0.3, -0.25) is 4.79 Å². The number of β-amino-alcohol motifs (C(OH)–C–C–N with tert-alkyl or cyclic N) is 1. The summed E-state index contributed by atoms with van der Waals surface area (Å²) in [5, 5.41) is 14.2. The zero-order chi connectivity index (χ0) is 15.8. The summed E-state index contributed by atoms with van der Waals surface area (Å²) in [4.78, 5) is 18.9. The van der Waals surface area contributed by atoms with Crippen LogP contribution >= 0.6 is 0 Å². The number of aliphatic hydroxyl groups excluding tert-OH is 1. The first kappa shape index (κ1) is 14.4. The van der Waals surface area contributed by atoms with Gasteiger partial charge in [-0.05, 0) is 37.8 Å². The standard InChI is InChI=1S/C17H20N4O2/c22-14-7-4-10-20(11-14)17(23)15-18-16(12-8-9-12)21(19-15)13-5-2-1-3-6-13/h1-3,5-6,12,14,22H,4,7-11H2. The molecule has 2 aromatic rings. The molecule has 0 radical (unpaired) electrons. The number of amides is 1. The molecular weight excluding hydrogens is 292 g/mol. The van der Waals surface area contributed by atoms with Gasteiger partial charge in [-0.2, -0.15) is 0 Å². The molecule has 1 saturated carbocycles. The molecule has 1 amide bonds. The number of para-hydroxylation sites is 1. The number of carbonyl (C=O) groups is 1. The maximum atomic E-state index is 12.7. The summed E-state index contributed by atoms with van der Waals surface area (Å²) in [6.45, 7) is 1.03. The summed E-state index contributed by atoms with van der Waals surface area (Å²) in [6.07, 6.45) is 3.33. The van der Waals surface area contributed by atoms with Crippen LogP contribution in [0.1, 0.15) is 48.0 Å². The molecule has 6 nitrogen and oxygen atoms in total. The Bertz CT molecular complexity index is 709. The predicted octanol–water partition coefficient (Wildman–Crippen LogP) is 1.74. The fraction of sp³-hybridized carbons (Fsp3) is 0.471. The second-order valence-electron chi connectivity index (χ2n) is 6.36. The van der Waals surface area contributed by atoms with Crippen LogP contribution in [0.3, 0.4) is 0 Å². The number of piperidine rings is 1. The first-order chi connectivity index (χ1) is 11.2. The summed E-state index contributed by atoms with van der Waals surface area (Å²) >= 11 is 0. The van der Waals surface area contributed by atoms with Crippen LogP contribution in [0, 0.1) is 0 Å². The number of aromatic nitrogens is 3. The minimum Gasteiger partial charge on any atom is -0.391 e. The van der Waals surface area contributed by atoms with Crippen molar-refractivity contribution >= 4 is 5.91 Å². The van der Waals surface area contributed by atoms with Crippen molar-refractivity contribution in [2.45, 2.75) is 37.7 Å². The predicted molar refractivity (Wildman–Crippen MR) is 84.5 cm³/mol. The lowest BCUT2D eigenvalue weighted by Crippen LogP contribution is -2.42. The van der Waals surface area contributed by atoms with Gasteiger partial charge in [0.1, 0.15) is 5.82 Å². The molecule has 1 unspecified atom stereocenters. The number of hydrogen-bond donors (Lipinski definition) is 1. The van der Waals surface area contributed by atoms with E-state index in [-0.39, 0.29) is 11.7 Å². The van der Waals surface area contributed by atoms with Gasteiger partial charge in [0.25, 0.3) is 5.91 Å². The number of hydrogen-bond acceptors (Lipinski definition) is 4. The van der Waals surface area contributed by atoms with Gasteiger partial charge >= 0.3 is 0 Å². The van der Waals surface area contributed by atoms with Gasteiger partial charge in [-0.15, -0.1) is 5.10 Å². The molecule has 1 aliphatic heterocycles. The van der Waals surface area contributed by atoms with Crippen molar-refractivity contribution < 1.29 is 9.90 Å². The van der Waals surface area contributed by atoms with Crippen molar-refractivity contribution in [1.29, 1.82) is 0 Å². The third kappa shape index (κ3) is 2.86. The average Bonchev–Trinajstić information content (AvgIpc) is 3.33. The van der Waals surface area contributed by atoms with Gasteiger partial charge < -0.3 is 10.0 Å². The van der Waals surface area contributed by atoms with Crippen LogP contribution < -0.4 is 0 Å². The van der Waals surface area contributed by atoms with Gasteiger partial charge in [-0.25, -0.2) is 9.67 Å². The van der Waals surface area contributed by atoms with E-state index < -0.39 is 6.10 Å². The Morgan fingerprint density at radius 1 is 1.17 bits per heavy atom. The number of likely N-dealkylation sites (tertiary alicyclic amines) is 1. The van der Waals surface area contributed by atoms with E-state index in [0.29, 0.717) is 19.0 Å². The monoisotopic (exact) mass is 312 g/mol. The molecule has 0 bridgehead atoms. The second kappa shape index (κ2) is 5.77. The first-order valence-electron chi connectivity index (χ1n) is 8.22. The molecule has 0 spiro atoms. The lowest BCUT2D eigenvalue weighted by Gasteiger charge is -2.29. The molecule has 2 aliphatic rings. The molecule has 1 aromatic carbocycles. The summed E-state index contributed by atoms with van der Waals surface area (Å²) in [6, 6.07) is 9.81. The first-order valence-corrected chi connectivity index (χ1v) is 8.22. The molecular formula is C17H20N4O2. The highest BCUT2D eigenvalue weighted by Gasteiger charge is 2.33. The number of aliphatic hydroxyl groups is 1. The van der Waals surface area contributed by atoms with Gasteiger partial charge in [0.05, 0.1) is 11.8 Å². The molecule has 2 heterocycles. The summed E-state index contributed by atoms with van der Waals surface area (Å²) < 4.78 is 1.80. The highest BCUT2D eigenvalue weighted by molar-refractivity contribution is 5.90. The Morgan fingerprint density at radius 2 is 1.96 bits per heavy atom. The zero-order valence-electron chi connectivity index (χ0n) is 12.9. The Balaban J connectivity index is 1.66. The van der Waals surface area contributed by atoms with E-state index in [1.54, 1.807) is 9.58 Å². The van der Waals surface area contributed by atoms with Crippen molar-refractivity contribution in [2.24, 2.45) is 0 Å². The number of carbonyl (C=O) groups excluding carboxylic acids is 1. The van der Waals surface area contributed by atoms with Crippen molar-refractivity contribution in [3.05, 3.63) is 42.0 Å². The minimum absolute atomic E-state index is 0.180. The van der Waals surface area contributed by atoms with E-state index >= 15 is 0 Å². The van der Waals surface area contributed by atoms with E-state index in [1.165, 1.54) is 0 Å². The van der Waals surface area contributed by atoms with E-state index in [2.05, 4.69) is 10.1 Å². The maximum Gasteiger partial charge on any atom is 0.293 e. The summed E-state index contributed by atoms with van der Waals surface area (Å²) in [5.74, 6) is 1.33. The Labute approximate surface area is 134 Å². The number of rotatable bonds is 3. The molecule has 4 rings (SSSR count). The molecule has 23 heavy (non-hydrogen) atoms. The molecule has 6 heteroatoms. The van der Waals surface area contributed by atoms with Crippen LogP contribution in [-0.2, 0) is 0 Å². The zero-order valence-corrected chi connectivity index (χ0v) is 12.9. The SMILES string of the molecule is O=C(c1nc(C2CC2)n(-c2ccccc2)n1)N1CCCC(O)C1. The Hall–Kier alpha value is -2.21. The molecule has 120 valence electrons. The van der Waals surface area contributed by atoms with Gasteiger partial charge in [0.15, 0.2) is 0 Å². The normalized spacial score (nSPS) is 21.4. The Morgan fingerprint density at radius 3 is 2.65 bits per heavy atom. The fourth-order valence-electron chi connectivity index (χ4n) is 3.06. The van der Waals surface area contributed by atoms with E-state index in [0.717, 1.165) is 37.2 Å². The molecule has 1 saturated heterocycles. The molecule has 1 aliphatic carbocycles. The van der Waals surface area contributed by atoms with E-state index in [9.17, 15) is 9.90 Å². The Kier molecular flexibility index (Phi) is 3.61. The smallest absolute Gasteiger partial charge is 0.293 e. The quantitative estimate of drug-likeness (QED) is 0.937. The van der Waals surface area contributed by atoms with Gasteiger partial charge in [-0.1, -0.05) is 18.2 Å². The van der Waals surface area contributed by atoms with Gasteiger partial charge in [0.2, 0.25) is 5.82 Å². The lowest BCUT2D eigenvalue weighted by molar-refractivity contribution is 0.0464. The molecule has 2 fully saturated rings. The van der Waals surface area contributed by atoms with Crippen LogP contribution in [0.15, 0.2) is 30.3 Å². The summed E-state index contributed by atoms with van der Waals surface area (Å²) in [7, 11) is 0. The average molecular weight is 312 g/mol. The van der Waals surface area contributed by atoms with Crippen molar-refractivity contribution in [3.8, 4) is 5.69 Å². The highest BCUT2D eigenvalue weighted by atomic mass is 16.3. The van der Waals surface area contributed by atoms with E-state index in [4.69, 9.17) is 0 Å². The molecule has 1 atom stereocenters. The number of benzene rings is 1. The minimum atomic E-state index is -0.438. The fourth-order valence-corrected chi connectivity index (χ4v) is 3.06. The second-order valence-corrected chi connectivity index (χ2v) is 6.36. The van der Waals surface area contributed by atoms with Crippen molar-refractivity contribution in [3.63, 3.8) is 0 Å². The maximum absolute atomic E-state index is 12.7. The van der Waals surface area contributed by atoms with Crippen molar-refractivity contribution in [2.75, 3.05) is 13.1 Å². The van der Waals surface area contributed by atoms with Crippen LogP contribution in [0.4, 0.5) is 0 Å². The topological polar surface area (TPSA) is 71.2 Å². The third-order valence-corrected chi connectivity index (χ3v) is 4.45. The molecule has 1 aromatic heterocycles. The highest BCUT2D eigenvalue weighted by Crippen LogP contribution is 2.39. The van der Waals surface area contributed by atoms with Crippen LogP contribution in [0.25, 0.3) is 5.69 Å². The lowest BCUT2D eigenvalue weighted by atomic mass is 10.1.